The maximum Gasteiger partial charge on any atom is 0.325 e. The fourth-order valence-corrected chi connectivity index (χ4v) is 4.01. The van der Waals surface area contributed by atoms with Crippen molar-refractivity contribution in [3.63, 3.8) is 0 Å². The van der Waals surface area contributed by atoms with Crippen LogP contribution in [0, 0.1) is 5.92 Å². The summed E-state index contributed by atoms with van der Waals surface area (Å²) in [6.07, 6.45) is 5.06. The van der Waals surface area contributed by atoms with Gasteiger partial charge in [0.05, 0.1) is 0 Å². The second-order valence-corrected chi connectivity index (χ2v) is 7.56. The smallest absolute Gasteiger partial charge is 0.325 e. The number of hydrogen-bond donors (Lipinski definition) is 3. The Morgan fingerprint density at radius 2 is 1.79 bits per heavy atom. The zero-order chi connectivity index (χ0) is 20.3. The van der Waals surface area contributed by atoms with Gasteiger partial charge in [-0.25, -0.2) is 4.79 Å². The summed E-state index contributed by atoms with van der Waals surface area (Å²) >= 11 is 0. The van der Waals surface area contributed by atoms with Gasteiger partial charge in [-0.05, 0) is 49.9 Å². The van der Waals surface area contributed by atoms with Crippen LogP contribution < -0.4 is 16.0 Å². The number of nitrogens with one attached hydrogen (secondary N) is 3. The normalized spacial score (nSPS) is 22.7. The molecule has 0 radical (unpaired) electrons. The van der Waals surface area contributed by atoms with Crippen LogP contribution in [0.1, 0.15) is 49.4 Å². The highest BCUT2D eigenvalue weighted by Crippen LogP contribution is 2.36. The largest absolute Gasteiger partial charge is 0.355 e. The third-order valence-corrected chi connectivity index (χ3v) is 5.68. The van der Waals surface area contributed by atoms with Gasteiger partial charge in [0, 0.05) is 18.3 Å². The van der Waals surface area contributed by atoms with Gasteiger partial charge in [-0.15, -0.1) is 0 Å². The van der Waals surface area contributed by atoms with Crippen LogP contribution in [-0.4, -0.2) is 47.8 Å². The first-order valence-electron chi connectivity index (χ1n) is 9.61. The number of hydrogen-bond acceptors (Lipinski definition) is 4. The van der Waals surface area contributed by atoms with Gasteiger partial charge in [0.1, 0.15) is 12.1 Å². The Balaban J connectivity index is 1.62. The minimum Gasteiger partial charge on any atom is -0.355 e. The Labute approximate surface area is 164 Å². The summed E-state index contributed by atoms with van der Waals surface area (Å²) in [6, 6.07) is 5.84. The van der Waals surface area contributed by atoms with Gasteiger partial charge in [0.25, 0.3) is 11.8 Å². The molecule has 1 heterocycles. The Hall–Kier alpha value is -2.90. The van der Waals surface area contributed by atoms with Crippen LogP contribution in [-0.2, 0) is 9.59 Å². The van der Waals surface area contributed by atoms with Crippen LogP contribution in [0.5, 0.6) is 0 Å². The van der Waals surface area contributed by atoms with Gasteiger partial charge in [-0.2, -0.15) is 0 Å². The molecule has 8 heteroatoms. The third-order valence-electron chi connectivity index (χ3n) is 5.68. The van der Waals surface area contributed by atoms with E-state index in [1.165, 1.54) is 7.05 Å². The topological polar surface area (TPSA) is 108 Å². The number of rotatable bonds is 5. The fourth-order valence-electron chi connectivity index (χ4n) is 4.01. The predicted molar refractivity (Wildman–Crippen MR) is 104 cm³/mol. The Morgan fingerprint density at radius 1 is 1.14 bits per heavy atom. The van der Waals surface area contributed by atoms with Gasteiger partial charge in [0.15, 0.2) is 0 Å². The molecule has 3 N–H and O–H groups in total. The van der Waals surface area contributed by atoms with E-state index in [0.29, 0.717) is 11.3 Å². The molecule has 1 saturated carbocycles. The van der Waals surface area contributed by atoms with Crippen molar-refractivity contribution in [3.05, 3.63) is 29.8 Å². The van der Waals surface area contributed by atoms with E-state index in [1.54, 1.807) is 31.2 Å². The molecule has 0 bridgehead atoms. The second-order valence-electron chi connectivity index (χ2n) is 7.56. The van der Waals surface area contributed by atoms with Crippen molar-refractivity contribution in [1.82, 2.24) is 15.5 Å². The zero-order valence-electron chi connectivity index (χ0n) is 16.2. The minimum absolute atomic E-state index is 0.100. The van der Waals surface area contributed by atoms with Crippen molar-refractivity contribution in [3.8, 4) is 0 Å². The zero-order valence-corrected chi connectivity index (χ0v) is 16.2. The summed E-state index contributed by atoms with van der Waals surface area (Å²) in [5.74, 6) is -0.930. The average molecular weight is 386 g/mol. The van der Waals surface area contributed by atoms with Crippen LogP contribution in [0.2, 0.25) is 0 Å². The maximum absolute atomic E-state index is 12.9. The molecule has 8 nitrogen and oxygen atoms in total. The number of benzene rings is 1. The second kappa shape index (κ2) is 8.00. The molecule has 2 fully saturated rings. The van der Waals surface area contributed by atoms with Crippen molar-refractivity contribution in [2.45, 2.75) is 44.6 Å². The quantitative estimate of drug-likeness (QED) is 0.672. The number of amides is 5. The van der Waals surface area contributed by atoms with Crippen molar-refractivity contribution in [2.24, 2.45) is 5.92 Å². The van der Waals surface area contributed by atoms with Crippen LogP contribution in [0.3, 0.4) is 0 Å². The Morgan fingerprint density at radius 3 is 2.39 bits per heavy atom. The monoisotopic (exact) mass is 386 g/mol. The predicted octanol–water partition coefficient (Wildman–Crippen LogP) is 1.88. The van der Waals surface area contributed by atoms with E-state index in [2.05, 4.69) is 16.0 Å². The highest BCUT2D eigenvalue weighted by atomic mass is 16.2. The molecule has 0 spiro atoms. The van der Waals surface area contributed by atoms with Gasteiger partial charge < -0.3 is 16.0 Å². The van der Waals surface area contributed by atoms with E-state index < -0.39 is 17.5 Å². The average Bonchev–Trinajstić information content (AvgIpc) is 2.92. The standard InChI is InChI=1S/C20H26N4O4/c1-20(14-6-4-3-5-7-14)18(27)24(19(28)23-20)12-16(25)22-15-10-8-13(9-11-15)17(26)21-2/h8-11,14H,3-7,12H2,1-2H3,(H,21,26)(H,22,25)(H,23,28)/t20-/m1/s1. The molecule has 2 aliphatic rings. The highest BCUT2D eigenvalue weighted by molar-refractivity contribution is 6.10. The van der Waals surface area contributed by atoms with Gasteiger partial charge in [0.2, 0.25) is 5.91 Å². The Kier molecular flexibility index (Phi) is 5.67. The number of urea groups is 1. The van der Waals surface area contributed by atoms with E-state index in [4.69, 9.17) is 0 Å². The van der Waals surface area contributed by atoms with E-state index in [1.807, 2.05) is 0 Å². The molecule has 0 unspecified atom stereocenters. The summed E-state index contributed by atoms with van der Waals surface area (Å²) < 4.78 is 0. The van der Waals surface area contributed by atoms with Crippen LogP contribution in [0.4, 0.5) is 10.5 Å². The summed E-state index contributed by atoms with van der Waals surface area (Å²) in [5, 5.41) is 7.98. The Bertz CT molecular complexity index is 786. The molecule has 1 saturated heterocycles. The minimum atomic E-state index is -0.938. The molecule has 5 amide bonds. The first-order chi connectivity index (χ1) is 13.3. The van der Waals surface area contributed by atoms with E-state index in [0.717, 1.165) is 37.0 Å². The molecule has 1 aliphatic heterocycles. The third kappa shape index (κ3) is 3.85. The lowest BCUT2D eigenvalue weighted by atomic mass is 9.75. The van der Waals surface area contributed by atoms with Crippen molar-refractivity contribution >= 4 is 29.4 Å². The fraction of sp³-hybridized carbons (Fsp3) is 0.500. The number of carbonyl (C=O) groups is 4. The molecule has 1 atom stereocenters. The van der Waals surface area contributed by atoms with Crippen LogP contribution in [0.25, 0.3) is 0 Å². The van der Waals surface area contributed by atoms with Crippen molar-refractivity contribution < 1.29 is 19.2 Å². The molecule has 150 valence electrons. The number of nitrogens with zero attached hydrogens (tertiary/aromatic N) is 1. The number of imide groups is 1. The summed E-state index contributed by atoms with van der Waals surface area (Å²) in [7, 11) is 1.54. The lowest BCUT2D eigenvalue weighted by Crippen LogP contribution is -2.51. The highest BCUT2D eigenvalue weighted by Gasteiger charge is 2.52. The molecule has 1 aromatic carbocycles. The SMILES string of the molecule is CNC(=O)c1ccc(NC(=O)CN2C(=O)N[C@](C)(C3CCCCC3)C2=O)cc1. The lowest BCUT2D eigenvalue weighted by Gasteiger charge is -2.34. The van der Waals surface area contributed by atoms with Gasteiger partial charge in [-0.3, -0.25) is 19.3 Å². The molecule has 28 heavy (non-hydrogen) atoms. The van der Waals surface area contributed by atoms with Gasteiger partial charge in [-0.1, -0.05) is 19.3 Å². The summed E-state index contributed by atoms with van der Waals surface area (Å²) in [4.78, 5) is 50.1. The van der Waals surface area contributed by atoms with Crippen LogP contribution >= 0.6 is 0 Å². The maximum atomic E-state index is 12.9. The molecule has 0 aromatic heterocycles. The van der Waals surface area contributed by atoms with Crippen LogP contribution in [0.15, 0.2) is 24.3 Å². The molecule has 1 aliphatic carbocycles. The first kappa shape index (κ1) is 19.9. The summed E-state index contributed by atoms with van der Waals surface area (Å²) in [6.45, 7) is 1.42. The van der Waals surface area contributed by atoms with Crippen molar-refractivity contribution in [2.75, 3.05) is 18.9 Å². The van der Waals surface area contributed by atoms with E-state index in [9.17, 15) is 19.2 Å². The molecular formula is C20H26N4O4. The van der Waals surface area contributed by atoms with E-state index in [-0.39, 0.29) is 24.3 Å². The van der Waals surface area contributed by atoms with Gasteiger partial charge >= 0.3 is 6.03 Å². The molecular weight excluding hydrogens is 360 g/mol. The molecule has 1 aromatic rings. The van der Waals surface area contributed by atoms with E-state index >= 15 is 0 Å². The lowest BCUT2D eigenvalue weighted by molar-refractivity contribution is -0.135. The molecule has 3 rings (SSSR count). The number of anilines is 1. The summed E-state index contributed by atoms with van der Waals surface area (Å²) in [5.41, 5.74) is 0.0186. The number of carbonyl (C=O) groups excluding carboxylic acids is 4. The first-order valence-corrected chi connectivity index (χ1v) is 9.61. The van der Waals surface area contributed by atoms with Crippen molar-refractivity contribution in [1.29, 1.82) is 0 Å².